The van der Waals surface area contributed by atoms with Crippen LogP contribution in [0.3, 0.4) is 0 Å². The molecule has 0 bridgehead atoms. The number of alkyl halides is 5. The van der Waals surface area contributed by atoms with Crippen LogP contribution in [0.15, 0.2) is 39.3 Å². The number of anilines is 1. The van der Waals surface area contributed by atoms with Gasteiger partial charge in [0.05, 0.1) is 9.96 Å². The number of sulfonamides is 1. The third-order valence-electron chi connectivity index (χ3n) is 4.87. The van der Waals surface area contributed by atoms with Crippen LogP contribution in [-0.4, -0.2) is 35.8 Å². The number of nitrogens with one attached hydrogen (secondary N) is 1. The Morgan fingerprint density at radius 2 is 1.76 bits per heavy atom. The topological polar surface area (TPSA) is 81.1 Å². The number of hydrogen-bond donors (Lipinski definition) is 1. The number of benzene rings is 1. The second-order valence-electron chi connectivity index (χ2n) is 7.46. The van der Waals surface area contributed by atoms with Crippen LogP contribution in [0.25, 0.3) is 5.69 Å². The predicted octanol–water partition coefficient (Wildman–Crippen LogP) is 5.36. The molecule has 186 valence electrons. The highest BCUT2D eigenvalue weighted by molar-refractivity contribution is 8.01. The highest BCUT2D eigenvalue weighted by Gasteiger charge is 2.56. The van der Waals surface area contributed by atoms with Crippen molar-refractivity contribution in [1.29, 1.82) is 0 Å². The fourth-order valence-electron chi connectivity index (χ4n) is 3.06. The minimum absolute atomic E-state index is 0.101. The molecule has 0 saturated heterocycles. The molecule has 2 heterocycles. The molecule has 6 nitrogen and oxygen atoms in total. The van der Waals surface area contributed by atoms with Gasteiger partial charge in [0.15, 0.2) is 5.82 Å². The summed E-state index contributed by atoms with van der Waals surface area (Å²) in [6.07, 6.45) is -7.45. The van der Waals surface area contributed by atoms with Crippen molar-refractivity contribution < 1.29 is 30.4 Å². The Bertz CT molecular complexity index is 1290. The lowest BCUT2D eigenvalue weighted by Gasteiger charge is -2.19. The minimum atomic E-state index is -5.62. The Morgan fingerprint density at radius 1 is 1.12 bits per heavy atom. The molecule has 34 heavy (non-hydrogen) atoms. The first-order valence-electron chi connectivity index (χ1n) is 9.86. The smallest absolute Gasteiger partial charge is 0.265 e. The van der Waals surface area contributed by atoms with Crippen molar-refractivity contribution in [3.05, 3.63) is 57.0 Å². The first-order valence-corrected chi connectivity index (χ1v) is 13.3. The predicted molar refractivity (Wildman–Crippen MR) is 122 cm³/mol. The van der Waals surface area contributed by atoms with Crippen LogP contribution in [0.4, 0.5) is 27.8 Å². The maximum atomic E-state index is 13.2. The average molecular weight is 542 g/mol. The molecule has 0 fully saturated rings. The lowest BCUT2D eigenvalue weighted by molar-refractivity contribution is -0.284. The summed E-state index contributed by atoms with van der Waals surface area (Å²) in [7, 11) is -3.96. The van der Waals surface area contributed by atoms with E-state index in [-0.39, 0.29) is 23.0 Å². The Morgan fingerprint density at radius 3 is 2.38 bits per heavy atom. The van der Waals surface area contributed by atoms with Crippen LogP contribution in [0, 0.1) is 13.8 Å². The Kier molecular flexibility index (Phi) is 7.63. The normalized spacial score (nSPS) is 12.9. The van der Waals surface area contributed by atoms with E-state index in [2.05, 4.69) is 9.71 Å². The van der Waals surface area contributed by atoms with E-state index in [1.54, 1.807) is 44.2 Å². The number of nitrogens with zero attached hydrogens (tertiary/aromatic N) is 2. The molecular formula is C20H20F5N3O3S3. The maximum Gasteiger partial charge on any atom is 0.453 e. The molecule has 1 aromatic rings. The van der Waals surface area contributed by atoms with Crippen LogP contribution in [0.2, 0.25) is 0 Å². The van der Waals surface area contributed by atoms with Gasteiger partial charge in [-0.1, -0.05) is 30.3 Å². The van der Waals surface area contributed by atoms with E-state index in [9.17, 15) is 35.2 Å². The summed E-state index contributed by atoms with van der Waals surface area (Å²) in [6.45, 7) is 3.35. The van der Waals surface area contributed by atoms with Crippen molar-refractivity contribution in [3.8, 4) is 5.69 Å². The molecule has 1 N–H and O–H groups in total. The number of rotatable bonds is 9. The first kappa shape index (κ1) is 26.4. The maximum absolute atomic E-state index is 13.2. The molecule has 0 amide bonds. The number of fused-ring (bicyclic) bond motifs is 1. The van der Waals surface area contributed by atoms with E-state index >= 15 is 0 Å². The van der Waals surface area contributed by atoms with Gasteiger partial charge in [-0.15, -0.1) is 23.1 Å². The van der Waals surface area contributed by atoms with Crippen molar-refractivity contribution in [1.82, 2.24) is 9.55 Å². The van der Waals surface area contributed by atoms with Gasteiger partial charge in [0.2, 0.25) is 10.0 Å². The summed E-state index contributed by atoms with van der Waals surface area (Å²) >= 11 is 2.14. The Balaban J connectivity index is 1.87. The van der Waals surface area contributed by atoms with Crippen LogP contribution in [0.1, 0.15) is 29.0 Å². The van der Waals surface area contributed by atoms with Gasteiger partial charge in [-0.25, -0.2) is 13.2 Å². The monoisotopic (exact) mass is 541 g/mol. The van der Waals surface area contributed by atoms with E-state index in [4.69, 9.17) is 0 Å². The van der Waals surface area contributed by atoms with E-state index in [1.165, 1.54) is 15.9 Å². The van der Waals surface area contributed by atoms with E-state index in [0.29, 0.717) is 20.3 Å². The largest absolute Gasteiger partial charge is 0.453 e. The zero-order valence-corrected chi connectivity index (χ0v) is 20.4. The van der Waals surface area contributed by atoms with E-state index < -0.39 is 40.7 Å². The highest BCUT2D eigenvalue weighted by Crippen LogP contribution is 2.41. The molecule has 0 aromatic heterocycles. The van der Waals surface area contributed by atoms with Crippen molar-refractivity contribution in [3.63, 3.8) is 0 Å². The van der Waals surface area contributed by atoms with Crippen molar-refractivity contribution in [2.24, 2.45) is 0 Å². The molecule has 2 aliphatic heterocycles. The number of aryl methyl sites for hydroxylation is 1. The SMILES string of the molecule is Cc1sc(SCCCC(F)(F)C(F)(F)F)c2c(NS(=O)(=O)Cc3ccccc3)nc(=O)n-2c1C. The molecule has 14 heteroatoms. The van der Waals surface area contributed by atoms with Crippen molar-refractivity contribution in [2.45, 2.75) is 48.7 Å². The van der Waals surface area contributed by atoms with Gasteiger partial charge >= 0.3 is 17.8 Å². The molecule has 3 rings (SSSR count). The van der Waals surface area contributed by atoms with Crippen LogP contribution in [-0.2, 0) is 15.8 Å². The number of halogens is 5. The molecule has 0 unspecified atom stereocenters. The molecule has 0 saturated carbocycles. The lowest BCUT2D eigenvalue weighted by Crippen LogP contribution is -2.36. The second kappa shape index (κ2) is 9.82. The fourth-order valence-corrected chi connectivity index (χ4v) is 6.67. The van der Waals surface area contributed by atoms with Crippen molar-refractivity contribution in [2.75, 3.05) is 10.5 Å². The van der Waals surface area contributed by atoms with Gasteiger partial charge in [0.1, 0.15) is 5.69 Å². The molecule has 0 spiro atoms. The van der Waals surface area contributed by atoms with E-state index in [1.807, 2.05) is 0 Å². The summed E-state index contributed by atoms with van der Waals surface area (Å²) in [6, 6.07) is 8.33. The summed E-state index contributed by atoms with van der Waals surface area (Å²) in [4.78, 5) is 17.0. The average Bonchev–Trinajstić information content (AvgIpc) is 3.03. The number of thioether (sulfide) groups is 1. The number of imidazole rings is 1. The first-order chi connectivity index (χ1) is 15.7. The van der Waals surface area contributed by atoms with Gasteiger partial charge in [-0.05, 0) is 31.6 Å². The molecule has 1 aromatic carbocycles. The number of hydrogen-bond acceptors (Lipinski definition) is 6. The van der Waals surface area contributed by atoms with Crippen molar-refractivity contribution >= 4 is 38.9 Å². The molecule has 2 aliphatic rings. The minimum Gasteiger partial charge on any atom is -0.265 e. The van der Waals surface area contributed by atoms with Gasteiger partial charge in [0, 0.05) is 17.0 Å². The van der Waals surface area contributed by atoms with Crippen LogP contribution < -0.4 is 10.4 Å². The summed E-state index contributed by atoms with van der Waals surface area (Å²) in [5, 5.41) is 0. The van der Waals surface area contributed by atoms with Gasteiger partial charge in [-0.2, -0.15) is 26.9 Å². The van der Waals surface area contributed by atoms with Crippen LogP contribution in [0.5, 0.6) is 0 Å². The quantitative estimate of drug-likeness (QED) is 0.224. The lowest BCUT2D eigenvalue weighted by atomic mass is 10.2. The second-order valence-corrected chi connectivity index (χ2v) is 11.8. The molecular weight excluding hydrogens is 521 g/mol. The zero-order chi connectivity index (χ0) is 25.3. The molecule has 0 atom stereocenters. The molecule has 0 radical (unpaired) electrons. The summed E-state index contributed by atoms with van der Waals surface area (Å²) < 4.78 is 92.9. The Labute approximate surface area is 200 Å². The third kappa shape index (κ3) is 5.89. The summed E-state index contributed by atoms with van der Waals surface area (Å²) in [5.41, 5.74) is 0.434. The van der Waals surface area contributed by atoms with Gasteiger partial charge in [0.25, 0.3) is 0 Å². The van der Waals surface area contributed by atoms with E-state index in [0.717, 1.165) is 11.8 Å². The summed E-state index contributed by atoms with van der Waals surface area (Å²) in [5.74, 6) is -5.49. The van der Waals surface area contributed by atoms with Crippen LogP contribution >= 0.6 is 23.1 Å². The highest BCUT2D eigenvalue weighted by atomic mass is 32.2. The zero-order valence-electron chi connectivity index (χ0n) is 17.9. The Hall–Kier alpha value is -2.19. The third-order valence-corrected chi connectivity index (χ3v) is 8.62. The standard InChI is InChI=1S/C20H20F5N3O3S3/c1-12-13(2)33-17(32-10-6-9-19(21,22)20(23,24)25)15-16(26-18(29)28(12)15)27-34(30,31)11-14-7-4-3-5-8-14/h3-5,7-8H,6,9-11H2,1-2H3,(H,26,27,29). The molecule has 0 aliphatic carbocycles. The van der Waals surface area contributed by atoms with Gasteiger partial charge in [-0.3, -0.25) is 9.29 Å². The fraction of sp³-hybridized carbons (Fsp3) is 0.400. The number of aromatic nitrogens is 2. The van der Waals surface area contributed by atoms with Gasteiger partial charge < -0.3 is 0 Å².